The summed E-state index contributed by atoms with van der Waals surface area (Å²) in [5.41, 5.74) is 12.1. The van der Waals surface area contributed by atoms with Gasteiger partial charge in [0.15, 0.2) is 5.58 Å². The van der Waals surface area contributed by atoms with Gasteiger partial charge >= 0.3 is 0 Å². The number of rotatable bonds is 6. The van der Waals surface area contributed by atoms with Crippen molar-refractivity contribution in [2.24, 2.45) is 0 Å². The largest absolute Gasteiger partial charge is 0.456 e. The Morgan fingerprint density at radius 2 is 1.04 bits per heavy atom. The monoisotopic (exact) mass is 704 g/mol. The number of hydrogen-bond donors (Lipinski definition) is 0. The minimum atomic E-state index is 0.616. The van der Waals surface area contributed by atoms with Gasteiger partial charge in [0.05, 0.1) is 5.69 Å². The van der Waals surface area contributed by atoms with Crippen molar-refractivity contribution in [1.82, 2.24) is 4.98 Å². The van der Waals surface area contributed by atoms with E-state index in [2.05, 4.69) is 157 Å². The highest BCUT2D eigenvalue weighted by Gasteiger charge is 2.21. The lowest BCUT2D eigenvalue weighted by Crippen LogP contribution is -2.11. The lowest BCUT2D eigenvalue weighted by atomic mass is 9.96. The summed E-state index contributed by atoms with van der Waals surface area (Å²) in [6.07, 6.45) is 0. The van der Waals surface area contributed by atoms with E-state index >= 15 is 0 Å². The first-order chi connectivity index (χ1) is 27.2. The van der Waals surface area contributed by atoms with Crippen molar-refractivity contribution in [2.45, 2.75) is 0 Å². The van der Waals surface area contributed by atoms with E-state index in [0.29, 0.717) is 5.89 Å². The van der Waals surface area contributed by atoms with Crippen LogP contribution >= 0.6 is 0 Å². The van der Waals surface area contributed by atoms with Gasteiger partial charge in [0.2, 0.25) is 5.89 Å². The van der Waals surface area contributed by atoms with Crippen LogP contribution in [0.4, 0.5) is 17.1 Å². The first kappa shape index (κ1) is 31.1. The second-order valence-corrected chi connectivity index (χ2v) is 13.9. The highest BCUT2D eigenvalue weighted by Crippen LogP contribution is 2.45. The molecule has 0 unspecified atom stereocenters. The van der Waals surface area contributed by atoms with E-state index in [1.807, 2.05) is 42.5 Å². The highest BCUT2D eigenvalue weighted by molar-refractivity contribution is 6.19. The van der Waals surface area contributed by atoms with Crippen LogP contribution in [-0.2, 0) is 0 Å². The zero-order chi connectivity index (χ0) is 36.3. The van der Waals surface area contributed by atoms with Gasteiger partial charge in [0, 0.05) is 38.7 Å². The second kappa shape index (κ2) is 12.6. The van der Waals surface area contributed by atoms with Crippen molar-refractivity contribution >= 4 is 71.6 Å². The van der Waals surface area contributed by atoms with E-state index in [1.165, 1.54) is 11.1 Å². The van der Waals surface area contributed by atoms with E-state index in [-0.39, 0.29) is 0 Å². The molecule has 0 aliphatic carbocycles. The molecule has 0 N–H and O–H groups in total. The molecule has 2 heterocycles. The maximum atomic E-state index is 6.61. The number of para-hydroxylation sites is 2. The third-order valence-electron chi connectivity index (χ3n) is 10.7. The molecule has 0 spiro atoms. The van der Waals surface area contributed by atoms with Crippen molar-refractivity contribution in [3.63, 3.8) is 0 Å². The average Bonchev–Trinajstić information content (AvgIpc) is 3.87. The number of aromatic nitrogens is 1. The molecule has 0 saturated carbocycles. The van der Waals surface area contributed by atoms with Crippen LogP contribution in [0.3, 0.4) is 0 Å². The number of benzene rings is 9. The van der Waals surface area contributed by atoms with Gasteiger partial charge < -0.3 is 13.7 Å². The standard InChI is InChI=1S/C51H32N2O2/c1-3-12-33(13-4-1)37-16-11-17-38(30-37)41-18-7-9-20-46(41)53(40-27-29-48-44(32-40)42-19-8-10-21-47(42)54-48)39-26-24-34-22-23-35-25-28-45-50(49(35)43(34)31-39)55-51(52-45)36-14-5-2-6-15-36/h1-32H. The Morgan fingerprint density at radius 1 is 0.400 bits per heavy atom. The molecule has 9 aromatic carbocycles. The summed E-state index contributed by atoms with van der Waals surface area (Å²) in [6.45, 7) is 0. The Kier molecular flexibility index (Phi) is 7.14. The molecule has 0 bridgehead atoms. The molecule has 55 heavy (non-hydrogen) atoms. The van der Waals surface area contributed by atoms with Crippen molar-refractivity contribution in [3.05, 3.63) is 194 Å². The lowest BCUT2D eigenvalue weighted by Gasteiger charge is -2.28. The molecule has 11 rings (SSSR count). The number of nitrogens with zero attached hydrogens (tertiary/aromatic N) is 2. The predicted octanol–water partition coefficient (Wildman–Crippen LogP) is 14.5. The second-order valence-electron chi connectivity index (χ2n) is 13.9. The Hall–Kier alpha value is -7.43. The van der Waals surface area contributed by atoms with E-state index in [4.69, 9.17) is 13.8 Å². The SMILES string of the molecule is c1ccc(-c2cccc(-c3ccccc3N(c3ccc4oc5ccccc5c4c3)c3ccc4ccc5ccc6nc(-c7ccccc7)oc6c5c4c3)c2)cc1. The first-order valence-electron chi connectivity index (χ1n) is 18.5. The summed E-state index contributed by atoms with van der Waals surface area (Å²) in [5, 5.41) is 6.54. The van der Waals surface area contributed by atoms with E-state index in [9.17, 15) is 0 Å². The predicted molar refractivity (Wildman–Crippen MR) is 227 cm³/mol. The van der Waals surface area contributed by atoms with Crippen molar-refractivity contribution in [3.8, 4) is 33.7 Å². The fourth-order valence-corrected chi connectivity index (χ4v) is 8.04. The molecular weight excluding hydrogens is 673 g/mol. The summed E-state index contributed by atoms with van der Waals surface area (Å²) in [4.78, 5) is 7.30. The number of oxazole rings is 1. The van der Waals surface area contributed by atoms with E-state index < -0.39 is 0 Å². The van der Waals surface area contributed by atoms with Gasteiger partial charge in [-0.1, -0.05) is 127 Å². The topological polar surface area (TPSA) is 42.4 Å². The molecule has 0 atom stereocenters. The summed E-state index contributed by atoms with van der Waals surface area (Å²) in [6, 6.07) is 68.2. The quantitative estimate of drug-likeness (QED) is 0.162. The first-order valence-corrected chi connectivity index (χ1v) is 18.5. The molecule has 0 amide bonds. The summed E-state index contributed by atoms with van der Waals surface area (Å²) in [7, 11) is 0. The smallest absolute Gasteiger partial charge is 0.227 e. The summed E-state index contributed by atoms with van der Waals surface area (Å²) >= 11 is 0. The van der Waals surface area contributed by atoms with Gasteiger partial charge in [-0.3, -0.25) is 0 Å². The highest BCUT2D eigenvalue weighted by atomic mass is 16.3. The molecule has 4 nitrogen and oxygen atoms in total. The third kappa shape index (κ3) is 5.26. The number of furan rings is 1. The molecule has 0 saturated heterocycles. The Morgan fingerprint density at radius 3 is 1.91 bits per heavy atom. The van der Waals surface area contributed by atoms with Crippen LogP contribution < -0.4 is 4.90 Å². The van der Waals surface area contributed by atoms with Gasteiger partial charge in [0.1, 0.15) is 16.7 Å². The minimum absolute atomic E-state index is 0.616. The molecule has 0 fully saturated rings. The Balaban J connectivity index is 1.16. The molecule has 11 aromatic rings. The molecule has 0 aliphatic heterocycles. The Bertz CT molecular complexity index is 3220. The molecule has 2 aromatic heterocycles. The fraction of sp³-hybridized carbons (Fsp3) is 0. The van der Waals surface area contributed by atoms with Crippen LogP contribution in [-0.4, -0.2) is 4.98 Å². The molecule has 0 radical (unpaired) electrons. The van der Waals surface area contributed by atoms with Crippen molar-refractivity contribution in [1.29, 1.82) is 0 Å². The normalized spacial score (nSPS) is 11.6. The minimum Gasteiger partial charge on any atom is -0.456 e. The molecular formula is C51H32N2O2. The molecule has 258 valence electrons. The van der Waals surface area contributed by atoms with Crippen LogP contribution in [0.5, 0.6) is 0 Å². The van der Waals surface area contributed by atoms with Crippen molar-refractivity contribution in [2.75, 3.05) is 4.90 Å². The van der Waals surface area contributed by atoms with Gasteiger partial charge in [-0.25, -0.2) is 4.98 Å². The number of fused-ring (bicyclic) bond motifs is 8. The maximum absolute atomic E-state index is 6.61. The zero-order valence-corrected chi connectivity index (χ0v) is 29.7. The van der Waals surface area contributed by atoms with Crippen molar-refractivity contribution < 1.29 is 8.83 Å². The summed E-state index contributed by atoms with van der Waals surface area (Å²) in [5.74, 6) is 0.616. The fourth-order valence-electron chi connectivity index (χ4n) is 8.04. The van der Waals surface area contributed by atoms with Crippen LogP contribution in [0.2, 0.25) is 0 Å². The van der Waals surface area contributed by atoms with Gasteiger partial charge in [-0.2, -0.15) is 0 Å². The molecule has 0 aliphatic rings. The molecule has 4 heteroatoms. The average molecular weight is 705 g/mol. The Labute approximate surface area is 317 Å². The number of hydrogen-bond acceptors (Lipinski definition) is 4. The van der Waals surface area contributed by atoms with Gasteiger partial charge in [-0.15, -0.1) is 0 Å². The van der Waals surface area contributed by atoms with Gasteiger partial charge in [-0.05, 0) is 99.6 Å². The van der Waals surface area contributed by atoms with Crippen LogP contribution in [0.25, 0.3) is 88.3 Å². The number of anilines is 3. The van der Waals surface area contributed by atoms with Gasteiger partial charge in [0.25, 0.3) is 0 Å². The van der Waals surface area contributed by atoms with Crippen LogP contribution in [0.1, 0.15) is 0 Å². The van der Waals surface area contributed by atoms with E-state index in [0.717, 1.165) is 88.3 Å². The lowest BCUT2D eigenvalue weighted by molar-refractivity contribution is 0.623. The summed E-state index contributed by atoms with van der Waals surface area (Å²) < 4.78 is 12.9. The maximum Gasteiger partial charge on any atom is 0.227 e. The van der Waals surface area contributed by atoms with Crippen LogP contribution in [0, 0.1) is 0 Å². The van der Waals surface area contributed by atoms with Crippen LogP contribution in [0.15, 0.2) is 203 Å². The third-order valence-corrected chi connectivity index (χ3v) is 10.7. The van der Waals surface area contributed by atoms with E-state index in [1.54, 1.807) is 0 Å². The zero-order valence-electron chi connectivity index (χ0n) is 29.7.